The van der Waals surface area contributed by atoms with E-state index in [-0.39, 0.29) is 11.4 Å². The molecular formula is C11H22N2O2S. The molecule has 94 valence electrons. The minimum absolute atomic E-state index is 0.0320. The number of aliphatic hydroxyl groups is 1. The van der Waals surface area contributed by atoms with Gasteiger partial charge in [-0.15, -0.1) is 4.91 Å². The number of hydrogen-bond donors (Lipinski definition) is 1. The summed E-state index contributed by atoms with van der Waals surface area (Å²) in [5.74, 6) is 0. The predicted molar refractivity (Wildman–Crippen MR) is 68.4 cm³/mol. The van der Waals surface area contributed by atoms with E-state index in [0.717, 1.165) is 32.4 Å². The van der Waals surface area contributed by atoms with Crippen molar-refractivity contribution >= 4 is 11.9 Å². The molecule has 0 atom stereocenters. The fraction of sp³-hybridized carbons (Fsp3) is 1.00. The molecule has 0 aliphatic heterocycles. The van der Waals surface area contributed by atoms with Gasteiger partial charge >= 0.3 is 0 Å². The van der Waals surface area contributed by atoms with E-state index in [1.54, 1.807) is 0 Å². The van der Waals surface area contributed by atoms with E-state index in [1.807, 2.05) is 0 Å². The smallest absolute Gasteiger partial charge is 0.0539 e. The van der Waals surface area contributed by atoms with Gasteiger partial charge in [0.1, 0.15) is 0 Å². The van der Waals surface area contributed by atoms with Crippen LogP contribution in [0.25, 0.3) is 0 Å². The van der Waals surface area contributed by atoms with Gasteiger partial charge in [-0.1, -0.05) is 19.3 Å². The van der Waals surface area contributed by atoms with Crippen LogP contribution in [0.3, 0.4) is 0 Å². The SMILES string of the molecule is CN(CCCO)CC1(SN=O)CCCCC1. The molecule has 0 spiro atoms. The zero-order valence-corrected chi connectivity index (χ0v) is 10.8. The lowest BCUT2D eigenvalue weighted by molar-refractivity contribution is 0.222. The fourth-order valence-electron chi connectivity index (χ4n) is 2.47. The number of rotatable bonds is 7. The summed E-state index contributed by atoms with van der Waals surface area (Å²) in [4.78, 5) is 12.7. The summed E-state index contributed by atoms with van der Waals surface area (Å²) in [5.41, 5.74) is 0. The highest BCUT2D eigenvalue weighted by atomic mass is 32.2. The molecule has 1 N–H and O–H groups in total. The molecule has 0 bridgehead atoms. The van der Waals surface area contributed by atoms with Gasteiger partial charge in [-0.25, -0.2) is 0 Å². The Morgan fingerprint density at radius 2 is 2.06 bits per heavy atom. The Balaban J connectivity index is 2.45. The molecule has 0 aromatic carbocycles. The van der Waals surface area contributed by atoms with Crippen LogP contribution in [0.2, 0.25) is 0 Å². The molecular weight excluding hydrogens is 224 g/mol. The molecule has 0 aromatic heterocycles. The minimum Gasteiger partial charge on any atom is -0.396 e. The van der Waals surface area contributed by atoms with Crippen LogP contribution in [0.15, 0.2) is 4.58 Å². The molecule has 0 saturated heterocycles. The third-order valence-electron chi connectivity index (χ3n) is 3.25. The zero-order valence-electron chi connectivity index (χ0n) is 10.0. The highest BCUT2D eigenvalue weighted by Gasteiger charge is 2.34. The van der Waals surface area contributed by atoms with Crippen LogP contribution >= 0.6 is 11.9 Å². The molecule has 4 nitrogen and oxygen atoms in total. The van der Waals surface area contributed by atoms with Crippen molar-refractivity contribution in [1.29, 1.82) is 0 Å². The number of aliphatic hydroxyl groups excluding tert-OH is 1. The van der Waals surface area contributed by atoms with Gasteiger partial charge in [0.15, 0.2) is 0 Å². The van der Waals surface area contributed by atoms with E-state index in [1.165, 1.54) is 31.2 Å². The van der Waals surface area contributed by atoms with Gasteiger partial charge in [0.2, 0.25) is 0 Å². The van der Waals surface area contributed by atoms with Gasteiger partial charge < -0.3 is 10.0 Å². The highest BCUT2D eigenvalue weighted by Crippen LogP contribution is 2.40. The van der Waals surface area contributed by atoms with E-state index in [0.29, 0.717) is 0 Å². The second-order valence-corrected chi connectivity index (χ2v) is 5.92. The summed E-state index contributed by atoms with van der Waals surface area (Å²) < 4.78 is 3.09. The van der Waals surface area contributed by atoms with Crippen LogP contribution in [0.5, 0.6) is 0 Å². The minimum atomic E-state index is 0.0320. The largest absolute Gasteiger partial charge is 0.396 e. The van der Waals surface area contributed by atoms with Gasteiger partial charge in [-0.3, -0.25) is 0 Å². The van der Waals surface area contributed by atoms with Crippen molar-refractivity contribution in [2.75, 3.05) is 26.7 Å². The van der Waals surface area contributed by atoms with Crippen molar-refractivity contribution in [2.24, 2.45) is 4.58 Å². The second-order valence-electron chi connectivity index (χ2n) is 4.72. The first-order valence-corrected chi connectivity index (χ1v) is 6.80. The first kappa shape index (κ1) is 13.9. The number of nitroso groups, excluding NO2 is 1. The van der Waals surface area contributed by atoms with Crippen molar-refractivity contribution in [3.05, 3.63) is 4.91 Å². The Kier molecular flexibility index (Phi) is 6.31. The Morgan fingerprint density at radius 3 is 2.62 bits per heavy atom. The van der Waals surface area contributed by atoms with Crippen molar-refractivity contribution in [2.45, 2.75) is 43.3 Å². The molecule has 0 heterocycles. The van der Waals surface area contributed by atoms with Crippen LogP contribution < -0.4 is 0 Å². The first-order valence-electron chi connectivity index (χ1n) is 6.03. The Labute approximate surface area is 102 Å². The summed E-state index contributed by atoms with van der Waals surface area (Å²) in [6, 6.07) is 0. The van der Waals surface area contributed by atoms with Crippen molar-refractivity contribution in [3.63, 3.8) is 0 Å². The fourth-order valence-corrected chi connectivity index (χ4v) is 3.37. The van der Waals surface area contributed by atoms with Crippen molar-refractivity contribution < 1.29 is 5.11 Å². The summed E-state index contributed by atoms with van der Waals surface area (Å²) in [6.45, 7) is 2.03. The number of nitrogens with zero attached hydrogens (tertiary/aromatic N) is 2. The average Bonchev–Trinajstić information content (AvgIpc) is 2.28. The standard InChI is InChI=1S/C11H22N2O2S/c1-13(8-5-9-14)10-11(16-12-15)6-3-2-4-7-11/h14H,2-10H2,1H3. The lowest BCUT2D eigenvalue weighted by atomic mass is 9.88. The molecule has 1 aliphatic carbocycles. The molecule has 0 unspecified atom stereocenters. The summed E-state index contributed by atoms with van der Waals surface area (Å²) in [5, 5.41) is 8.79. The maximum absolute atomic E-state index is 10.5. The first-order chi connectivity index (χ1) is 7.72. The predicted octanol–water partition coefficient (Wildman–Crippen LogP) is 2.42. The van der Waals surface area contributed by atoms with Gasteiger partial charge in [0, 0.05) is 36.2 Å². The molecule has 1 fully saturated rings. The molecule has 1 aliphatic rings. The topological polar surface area (TPSA) is 52.9 Å². The molecule has 16 heavy (non-hydrogen) atoms. The maximum atomic E-state index is 10.5. The Hall–Kier alpha value is -0.130. The van der Waals surface area contributed by atoms with E-state index >= 15 is 0 Å². The molecule has 5 heteroatoms. The van der Waals surface area contributed by atoms with Crippen LogP contribution in [0, 0.1) is 4.91 Å². The van der Waals surface area contributed by atoms with Crippen LogP contribution in [0.1, 0.15) is 38.5 Å². The molecule has 0 radical (unpaired) electrons. The van der Waals surface area contributed by atoms with Crippen molar-refractivity contribution in [1.82, 2.24) is 4.90 Å². The van der Waals surface area contributed by atoms with E-state index in [2.05, 4.69) is 16.5 Å². The van der Waals surface area contributed by atoms with Gasteiger partial charge in [0.05, 0.1) is 4.75 Å². The van der Waals surface area contributed by atoms with Crippen LogP contribution in [-0.2, 0) is 0 Å². The van der Waals surface area contributed by atoms with Gasteiger partial charge in [-0.05, 0) is 26.3 Å². The average molecular weight is 246 g/mol. The molecule has 0 aromatic rings. The molecule has 0 amide bonds. The lowest BCUT2D eigenvalue weighted by Crippen LogP contribution is -2.40. The molecule has 1 rings (SSSR count). The Morgan fingerprint density at radius 1 is 1.38 bits per heavy atom. The maximum Gasteiger partial charge on any atom is 0.0539 e. The normalized spacial score (nSPS) is 19.9. The van der Waals surface area contributed by atoms with Crippen LogP contribution in [0.4, 0.5) is 0 Å². The second kappa shape index (κ2) is 7.25. The van der Waals surface area contributed by atoms with Crippen LogP contribution in [-0.4, -0.2) is 41.5 Å². The third kappa shape index (κ3) is 4.39. The quantitative estimate of drug-likeness (QED) is 0.553. The zero-order chi connectivity index (χ0) is 11.9. The monoisotopic (exact) mass is 246 g/mol. The number of hydrogen-bond acceptors (Lipinski definition) is 5. The summed E-state index contributed by atoms with van der Waals surface area (Å²) >= 11 is 1.23. The molecule has 1 saturated carbocycles. The van der Waals surface area contributed by atoms with E-state index < -0.39 is 0 Å². The summed E-state index contributed by atoms with van der Waals surface area (Å²) in [7, 11) is 2.05. The van der Waals surface area contributed by atoms with E-state index in [4.69, 9.17) is 5.11 Å². The van der Waals surface area contributed by atoms with Crippen molar-refractivity contribution in [3.8, 4) is 0 Å². The Bertz CT molecular complexity index is 208. The summed E-state index contributed by atoms with van der Waals surface area (Å²) in [6.07, 6.45) is 6.67. The third-order valence-corrected chi connectivity index (χ3v) is 4.25. The van der Waals surface area contributed by atoms with Gasteiger partial charge in [-0.2, -0.15) is 0 Å². The lowest BCUT2D eigenvalue weighted by Gasteiger charge is -2.37. The van der Waals surface area contributed by atoms with Gasteiger partial charge in [0.25, 0.3) is 0 Å². The highest BCUT2D eigenvalue weighted by molar-refractivity contribution is 7.99. The van der Waals surface area contributed by atoms with E-state index in [9.17, 15) is 4.91 Å².